The van der Waals surface area contributed by atoms with Crippen molar-refractivity contribution >= 4 is 42.8 Å². The van der Waals surface area contributed by atoms with Gasteiger partial charge in [-0.3, -0.25) is 9.44 Å². The van der Waals surface area contributed by atoms with Crippen LogP contribution in [0.25, 0.3) is 0 Å². The largest absolute Gasteiger partial charge is 0.355 e. The van der Waals surface area contributed by atoms with E-state index in [0.29, 0.717) is 11.4 Å². The van der Waals surface area contributed by atoms with Crippen LogP contribution in [-0.4, -0.2) is 26.8 Å². The summed E-state index contributed by atoms with van der Waals surface area (Å²) in [6.07, 6.45) is 9.28. The first-order chi connectivity index (χ1) is 16.5. The van der Waals surface area contributed by atoms with Gasteiger partial charge in [0.25, 0.3) is 30.0 Å². The summed E-state index contributed by atoms with van der Waals surface area (Å²) >= 11 is 0. The van der Waals surface area contributed by atoms with Crippen LogP contribution < -0.4 is 14.8 Å². The Hall–Kier alpha value is -3.44. The van der Waals surface area contributed by atoms with Crippen LogP contribution in [-0.2, 0) is 20.0 Å². The number of rotatable bonds is 8. The van der Waals surface area contributed by atoms with E-state index in [2.05, 4.69) is 14.8 Å². The molecule has 2 aliphatic carbocycles. The Kier molecular flexibility index (Phi) is 6.56. The summed E-state index contributed by atoms with van der Waals surface area (Å²) in [5, 5.41) is -2.44. The molecular weight excluding hydrogens is 496 g/mol. The average molecular weight is 520 g/mol. The Morgan fingerprint density at radius 2 is 1.20 bits per heavy atom. The fourth-order valence-electron chi connectivity index (χ4n) is 3.49. The van der Waals surface area contributed by atoms with Gasteiger partial charge < -0.3 is 5.32 Å². The fourth-order valence-corrected chi connectivity index (χ4v) is 5.90. The number of sulfonamides is 2. The maximum Gasteiger partial charge on any atom is 0.272 e. The Morgan fingerprint density at radius 3 is 1.71 bits per heavy atom. The third-order valence-electron chi connectivity index (χ3n) is 5.44. The molecule has 3 N–H and O–H groups in total. The number of halogens is 2. The van der Waals surface area contributed by atoms with E-state index in [-0.39, 0.29) is 11.4 Å². The molecule has 184 valence electrons. The highest BCUT2D eigenvalue weighted by Gasteiger charge is 2.44. The molecule has 4 rings (SSSR count). The molecule has 0 saturated carbocycles. The summed E-state index contributed by atoms with van der Waals surface area (Å²) in [5.74, 6) is 0. The van der Waals surface area contributed by atoms with Gasteiger partial charge in [-0.2, -0.15) is 0 Å². The summed E-state index contributed by atoms with van der Waals surface area (Å²) in [4.78, 5) is 0. The Balaban J connectivity index is 1.71. The number of anilines is 4. The monoisotopic (exact) mass is 519 g/mol. The Morgan fingerprint density at radius 1 is 0.657 bits per heavy atom. The lowest BCUT2D eigenvalue weighted by Gasteiger charge is -2.26. The van der Waals surface area contributed by atoms with E-state index in [1.807, 2.05) is 6.07 Å². The lowest BCUT2D eigenvalue weighted by atomic mass is 10.1. The van der Waals surface area contributed by atoms with Gasteiger partial charge in [0.2, 0.25) is 0 Å². The number of benzene rings is 2. The second-order valence-electron chi connectivity index (χ2n) is 8.02. The first-order valence-corrected chi connectivity index (χ1v) is 13.6. The number of hydrogen-bond donors (Lipinski definition) is 3. The normalized spacial score (nSPS) is 23.7. The van der Waals surface area contributed by atoms with Crippen LogP contribution in [0, 0.1) is 0 Å². The fraction of sp³-hybridized carbons (Fsp3) is 0.167. The highest BCUT2D eigenvalue weighted by Crippen LogP contribution is 2.37. The second-order valence-corrected chi connectivity index (χ2v) is 11.8. The van der Waals surface area contributed by atoms with E-state index in [0.717, 1.165) is 12.2 Å². The molecule has 0 spiro atoms. The van der Waals surface area contributed by atoms with E-state index in [1.165, 1.54) is 54.7 Å². The van der Waals surface area contributed by atoms with Crippen molar-refractivity contribution in [2.75, 3.05) is 14.8 Å². The molecule has 0 aromatic heterocycles. The maximum absolute atomic E-state index is 15.3. The molecule has 0 radical (unpaired) electrons. The third kappa shape index (κ3) is 5.15. The number of para-hydroxylation sites is 1. The third-order valence-corrected chi connectivity index (χ3v) is 8.81. The number of alkyl halides is 2. The quantitative estimate of drug-likeness (QED) is 0.440. The molecule has 2 unspecified atom stereocenters. The van der Waals surface area contributed by atoms with Gasteiger partial charge >= 0.3 is 0 Å². The van der Waals surface area contributed by atoms with Crippen LogP contribution in [0.15, 0.2) is 97.1 Å². The van der Waals surface area contributed by atoms with Crippen LogP contribution >= 0.6 is 0 Å². The Labute approximate surface area is 203 Å². The lowest BCUT2D eigenvalue weighted by Crippen LogP contribution is -2.38. The van der Waals surface area contributed by atoms with Crippen LogP contribution in [0.4, 0.5) is 31.5 Å². The summed E-state index contributed by atoms with van der Waals surface area (Å²) in [7, 11) is -9.33. The highest BCUT2D eigenvalue weighted by molar-refractivity contribution is 7.94. The first-order valence-electron chi connectivity index (χ1n) is 10.6. The van der Waals surface area contributed by atoms with Gasteiger partial charge in [-0.05, 0) is 42.5 Å². The predicted molar refractivity (Wildman–Crippen MR) is 135 cm³/mol. The van der Waals surface area contributed by atoms with E-state index < -0.39 is 42.9 Å². The molecule has 2 aliphatic rings. The second kappa shape index (κ2) is 9.31. The van der Waals surface area contributed by atoms with Crippen molar-refractivity contribution in [3.05, 3.63) is 97.1 Å². The van der Waals surface area contributed by atoms with Gasteiger partial charge in [-0.1, -0.05) is 54.7 Å². The van der Waals surface area contributed by atoms with Gasteiger partial charge in [0, 0.05) is 24.2 Å². The average Bonchev–Trinajstić information content (AvgIpc) is 2.82. The zero-order valence-corrected chi connectivity index (χ0v) is 20.0. The van der Waals surface area contributed by atoms with Crippen LogP contribution in [0.2, 0.25) is 0 Å². The molecule has 35 heavy (non-hydrogen) atoms. The highest BCUT2D eigenvalue weighted by atomic mass is 32.2. The van der Waals surface area contributed by atoms with Gasteiger partial charge in [0.1, 0.15) is 0 Å². The molecule has 11 heteroatoms. The zero-order chi connectivity index (χ0) is 25.2. The van der Waals surface area contributed by atoms with Gasteiger partial charge in [0.05, 0.1) is 11.4 Å². The molecule has 7 nitrogen and oxygen atoms in total. The van der Waals surface area contributed by atoms with E-state index in [1.54, 1.807) is 24.3 Å². The maximum atomic E-state index is 15.3. The minimum Gasteiger partial charge on any atom is -0.355 e. The molecule has 2 aromatic carbocycles. The molecular formula is C24H23F2N3O4S2. The number of hydrogen-bond acceptors (Lipinski definition) is 5. The van der Waals surface area contributed by atoms with E-state index in [4.69, 9.17) is 0 Å². The van der Waals surface area contributed by atoms with Gasteiger partial charge in [0.15, 0.2) is 0 Å². The molecule has 0 saturated heterocycles. The molecule has 0 fully saturated rings. The lowest BCUT2D eigenvalue weighted by molar-refractivity contribution is 0.332. The number of nitrogens with one attached hydrogen (secondary N) is 3. The molecule has 0 amide bonds. The van der Waals surface area contributed by atoms with Crippen molar-refractivity contribution in [1.29, 1.82) is 0 Å². The summed E-state index contributed by atoms with van der Waals surface area (Å²) in [6, 6.07) is 13.0. The topological polar surface area (TPSA) is 104 Å². The van der Waals surface area contributed by atoms with E-state index in [9.17, 15) is 16.8 Å². The smallest absolute Gasteiger partial charge is 0.272 e. The minimum absolute atomic E-state index is 0.258. The molecule has 0 bridgehead atoms. The van der Waals surface area contributed by atoms with Crippen LogP contribution in [0.1, 0.15) is 12.8 Å². The van der Waals surface area contributed by atoms with Crippen LogP contribution in [0.3, 0.4) is 0 Å². The van der Waals surface area contributed by atoms with Crippen molar-refractivity contribution in [2.24, 2.45) is 0 Å². The van der Waals surface area contributed by atoms with Crippen molar-refractivity contribution in [2.45, 2.75) is 22.8 Å². The SMILES string of the molecule is O=S(=O)(Nc1ccc(Nc2ccccc2)cc1NS(=O)(=O)C1(F)C=CC=CC1)C1(F)C=CC=CC1. The summed E-state index contributed by atoms with van der Waals surface area (Å²) in [5.41, 5.74) is 0.539. The molecule has 2 atom stereocenters. The first kappa shape index (κ1) is 24.7. The van der Waals surface area contributed by atoms with Crippen molar-refractivity contribution in [3.63, 3.8) is 0 Å². The summed E-state index contributed by atoms with van der Waals surface area (Å²) in [6.45, 7) is 0. The van der Waals surface area contributed by atoms with Crippen LogP contribution in [0.5, 0.6) is 0 Å². The van der Waals surface area contributed by atoms with Gasteiger partial charge in [-0.15, -0.1) is 0 Å². The van der Waals surface area contributed by atoms with Gasteiger partial charge in [-0.25, -0.2) is 25.6 Å². The zero-order valence-electron chi connectivity index (χ0n) is 18.4. The number of allylic oxidation sites excluding steroid dienone is 6. The van der Waals surface area contributed by atoms with Crippen molar-refractivity contribution in [1.82, 2.24) is 0 Å². The predicted octanol–water partition coefficient (Wildman–Crippen LogP) is 5.28. The molecule has 0 heterocycles. The van der Waals surface area contributed by atoms with Crippen molar-refractivity contribution in [3.8, 4) is 0 Å². The van der Waals surface area contributed by atoms with E-state index >= 15 is 8.78 Å². The summed E-state index contributed by atoms with van der Waals surface area (Å²) < 4.78 is 86.5. The molecule has 2 aromatic rings. The Bertz CT molecular complexity index is 1440. The van der Waals surface area contributed by atoms with Crippen molar-refractivity contribution < 1.29 is 25.6 Å². The minimum atomic E-state index is -4.68. The standard InChI is InChI=1S/C24H23F2N3O4S2/c25-23(14-6-2-7-15-23)34(30,31)28-21-13-12-20(27-19-10-4-1-5-11-19)18-22(21)29-35(32,33)24(26)16-8-3-9-17-24/h1-14,16,18,27-29H,15,17H2. The molecule has 0 aliphatic heterocycles.